The fraction of sp³-hybridized carbons (Fsp3) is 0.375. The quantitative estimate of drug-likeness (QED) is 0.0485. The number of fused-ring (bicyclic) bond motifs is 9. The van der Waals surface area contributed by atoms with Crippen LogP contribution in [-0.2, 0) is 43.1 Å². The Kier molecular flexibility index (Phi) is 13.1. The highest BCUT2D eigenvalue weighted by molar-refractivity contribution is 5.90. The van der Waals surface area contributed by atoms with Gasteiger partial charge in [0.25, 0.3) is 0 Å². The summed E-state index contributed by atoms with van der Waals surface area (Å²) in [6, 6.07) is 30.7. The lowest BCUT2D eigenvalue weighted by Crippen LogP contribution is -2.54. The molecule has 5 aromatic rings. The van der Waals surface area contributed by atoms with Crippen LogP contribution in [0.15, 0.2) is 124 Å². The summed E-state index contributed by atoms with van der Waals surface area (Å²) < 4.78 is 31.6. The number of allylic oxidation sites excluding steroid dienone is 2. The monoisotopic (exact) mass is 888 g/mol. The van der Waals surface area contributed by atoms with E-state index >= 15 is 0 Å². The average molecular weight is 889 g/mol. The molecular weight excluding hydrogens is 833 g/mol. The van der Waals surface area contributed by atoms with Crippen molar-refractivity contribution in [3.8, 4) is 17.6 Å². The van der Waals surface area contributed by atoms with E-state index in [-0.39, 0.29) is 74.4 Å². The Morgan fingerprint density at radius 2 is 1.74 bits per heavy atom. The van der Waals surface area contributed by atoms with Gasteiger partial charge in [0, 0.05) is 60.8 Å². The van der Waals surface area contributed by atoms with Gasteiger partial charge in [-0.3, -0.25) is 4.79 Å². The predicted molar refractivity (Wildman–Crippen MR) is 250 cm³/mol. The van der Waals surface area contributed by atoms with E-state index in [0.717, 1.165) is 23.1 Å². The lowest BCUT2D eigenvalue weighted by atomic mass is 9.71. The van der Waals surface area contributed by atoms with Gasteiger partial charge in [0.2, 0.25) is 0 Å². The van der Waals surface area contributed by atoms with Crippen molar-refractivity contribution in [1.82, 2.24) is 0 Å². The molecule has 0 radical (unpaired) electrons. The van der Waals surface area contributed by atoms with Crippen molar-refractivity contribution in [2.45, 2.75) is 101 Å². The molecule has 7 atom stereocenters. The first-order valence-corrected chi connectivity index (χ1v) is 23.0. The van der Waals surface area contributed by atoms with E-state index in [2.05, 4.69) is 90.7 Å². The molecule has 0 fully saturated rings. The van der Waals surface area contributed by atoms with E-state index in [1.807, 2.05) is 6.07 Å². The molecule has 9 rings (SSSR count). The van der Waals surface area contributed by atoms with Gasteiger partial charge in [0.1, 0.15) is 11.3 Å². The third kappa shape index (κ3) is 9.13. The minimum atomic E-state index is -1.34. The zero-order chi connectivity index (χ0) is 46.0. The van der Waals surface area contributed by atoms with Crippen molar-refractivity contribution in [2.24, 2.45) is 5.92 Å². The van der Waals surface area contributed by atoms with Crippen molar-refractivity contribution in [3.05, 3.63) is 169 Å². The highest BCUT2D eigenvalue weighted by Crippen LogP contribution is 2.50. The molecule has 3 aliphatic heterocycles. The molecule has 0 spiro atoms. The number of aliphatic hydroxyl groups excluding tert-OH is 2. The van der Waals surface area contributed by atoms with Crippen LogP contribution < -0.4 is 10.4 Å². The number of hydrogen-bond acceptors (Lipinski definition) is 10. The number of rotatable bonds is 9. The van der Waals surface area contributed by atoms with Gasteiger partial charge < -0.3 is 33.6 Å². The average Bonchev–Trinajstić information content (AvgIpc) is 3.31. The van der Waals surface area contributed by atoms with Crippen molar-refractivity contribution >= 4 is 22.9 Å². The topological polar surface area (TPSA) is 142 Å². The molecule has 0 amide bonds. The maximum Gasteiger partial charge on any atom is 0.339 e. The second-order valence-corrected chi connectivity index (χ2v) is 18.5. The number of carbonyl (C=O) groups is 2. The van der Waals surface area contributed by atoms with Crippen LogP contribution in [0.1, 0.15) is 114 Å². The number of methoxy groups -OCH3 is 1. The summed E-state index contributed by atoms with van der Waals surface area (Å²) in [4.78, 5) is 43.5. The molecule has 4 aromatic carbocycles. The van der Waals surface area contributed by atoms with Crippen molar-refractivity contribution in [2.75, 3.05) is 26.9 Å². The summed E-state index contributed by atoms with van der Waals surface area (Å²) >= 11 is 0. The van der Waals surface area contributed by atoms with Crippen molar-refractivity contribution < 1.29 is 43.2 Å². The van der Waals surface area contributed by atoms with E-state index in [9.17, 15) is 24.6 Å². The van der Waals surface area contributed by atoms with Crippen molar-refractivity contribution in [1.29, 1.82) is 0 Å². The zero-order valence-corrected chi connectivity index (χ0v) is 37.7. The second kappa shape index (κ2) is 19.3. The van der Waals surface area contributed by atoms with Gasteiger partial charge in [0.05, 0.1) is 25.2 Å². The standard InChI is InChI=1S/C56H56O10/c1-34(32-58)44-19-15-36-16-20-45-40(27-36)13-7-8-24-56(2)53(65-54(44)60)52(50-48(66-56)22-18-41-30-47(55(61)64-51(41)50)42(23-25-57)33-62-3)63-49(59)31-43-29-39(17-21-46(43)45)38-14-9-12-37(28-38)26-35-10-5-4-6-11-35/h4-6,9-12,14,16-18,20-22,27-28,30,39,42-43,46,52-53,57-58H,13,15,19,23-26,29,31-33H2,1-3H3/b44-34-/t39-,42+,43-,46+,52+,53-,56+/m0/s1. The Balaban J connectivity index is 1.19. The summed E-state index contributed by atoms with van der Waals surface area (Å²) in [7, 11) is 1.53. The molecule has 0 saturated carbocycles. The molecule has 4 heterocycles. The molecule has 5 bridgehead atoms. The Morgan fingerprint density at radius 3 is 2.55 bits per heavy atom. The van der Waals surface area contributed by atoms with E-state index in [1.54, 1.807) is 32.0 Å². The van der Waals surface area contributed by atoms with E-state index in [4.69, 9.17) is 23.4 Å². The van der Waals surface area contributed by atoms with Gasteiger partial charge >= 0.3 is 17.6 Å². The lowest BCUT2D eigenvalue weighted by molar-refractivity contribution is -0.190. The molecule has 2 N–H and O–H groups in total. The molecule has 1 aromatic heterocycles. The van der Waals surface area contributed by atoms with Crippen LogP contribution >= 0.6 is 0 Å². The second-order valence-electron chi connectivity index (χ2n) is 18.5. The zero-order valence-electron chi connectivity index (χ0n) is 37.7. The van der Waals surface area contributed by atoms with Crippen molar-refractivity contribution in [3.63, 3.8) is 0 Å². The summed E-state index contributed by atoms with van der Waals surface area (Å²) in [5.41, 5.74) is 6.30. The minimum Gasteiger partial charge on any atom is -0.482 e. The number of benzene rings is 4. The predicted octanol–water partition coefficient (Wildman–Crippen LogP) is 8.88. The molecule has 340 valence electrons. The molecule has 66 heavy (non-hydrogen) atoms. The van der Waals surface area contributed by atoms with Crippen LogP contribution in [0.3, 0.4) is 0 Å². The number of aryl methyl sites for hydroxylation is 1. The molecular formula is C56H56O10. The Hall–Kier alpha value is -6.25. The van der Waals surface area contributed by atoms with Gasteiger partial charge in [0.15, 0.2) is 17.8 Å². The third-order valence-electron chi connectivity index (χ3n) is 14.0. The van der Waals surface area contributed by atoms with Crippen LogP contribution in [0.25, 0.3) is 11.0 Å². The first-order chi connectivity index (χ1) is 32.0. The van der Waals surface area contributed by atoms with E-state index in [0.29, 0.717) is 47.1 Å². The van der Waals surface area contributed by atoms with Crippen LogP contribution in [0.4, 0.5) is 0 Å². The minimum absolute atomic E-state index is 0.0303. The number of carbonyl (C=O) groups excluding carboxylic acids is 2. The highest BCUT2D eigenvalue weighted by Gasteiger charge is 2.53. The molecule has 4 aliphatic rings. The normalized spacial score (nSPS) is 24.9. The van der Waals surface area contributed by atoms with E-state index < -0.39 is 41.3 Å². The fourth-order valence-electron chi connectivity index (χ4n) is 10.4. The molecule has 10 heteroatoms. The number of aliphatic hydroxyl groups is 2. The summed E-state index contributed by atoms with van der Waals surface area (Å²) in [5.74, 6) is 5.18. The van der Waals surface area contributed by atoms with Gasteiger partial charge in [-0.2, -0.15) is 0 Å². The Morgan fingerprint density at radius 1 is 0.909 bits per heavy atom. The first kappa shape index (κ1) is 44.9. The molecule has 1 aliphatic carbocycles. The fourth-order valence-corrected chi connectivity index (χ4v) is 10.4. The molecule has 0 unspecified atom stereocenters. The number of hydrogen-bond donors (Lipinski definition) is 2. The highest BCUT2D eigenvalue weighted by atomic mass is 16.6. The Labute approximate surface area is 385 Å². The summed E-state index contributed by atoms with van der Waals surface area (Å²) in [6.07, 6.45) is 5.13. The largest absolute Gasteiger partial charge is 0.482 e. The lowest BCUT2D eigenvalue weighted by Gasteiger charge is -2.45. The van der Waals surface area contributed by atoms with E-state index in [1.165, 1.54) is 23.8 Å². The van der Waals surface area contributed by atoms with Gasteiger partial charge in [-0.15, -0.1) is 0 Å². The Bertz CT molecular complexity index is 2820. The molecule has 0 saturated heterocycles. The summed E-state index contributed by atoms with van der Waals surface area (Å²) in [5, 5.41) is 20.7. The van der Waals surface area contributed by atoms with Crippen LogP contribution in [-0.4, -0.2) is 60.8 Å². The first-order valence-electron chi connectivity index (χ1n) is 23.0. The summed E-state index contributed by atoms with van der Waals surface area (Å²) in [6.45, 7) is 3.17. The van der Waals surface area contributed by atoms with Crippen LogP contribution in [0.5, 0.6) is 5.75 Å². The smallest absolute Gasteiger partial charge is 0.339 e. The SMILES string of the molecule is COC[C@@H](CCO)c1cc2ccc3c(c2oc1=O)[C@H]1OC(=O)C[C@@H]2C[C@@H](c4cccc(Cc5ccccc5)c4)C=C[C@H]2c2ccc4cc2CC#CC[C@@](C)(O3)[C@H]1OC(=O)/C(=C(/C)CO)CC4. The number of ether oxygens (including phenoxy) is 4. The maximum atomic E-state index is 15.0. The maximum absolute atomic E-state index is 15.0. The van der Waals surface area contributed by atoms with Crippen LogP contribution in [0, 0.1) is 17.8 Å². The third-order valence-corrected chi connectivity index (χ3v) is 14.0. The van der Waals surface area contributed by atoms with Crippen LogP contribution in [0.2, 0.25) is 0 Å². The molecule has 10 nitrogen and oxygen atoms in total. The van der Waals surface area contributed by atoms with Gasteiger partial charge in [-0.25, -0.2) is 9.59 Å². The van der Waals surface area contributed by atoms with Gasteiger partial charge in [-0.05, 0) is 109 Å². The number of esters is 2. The van der Waals surface area contributed by atoms with Gasteiger partial charge in [-0.1, -0.05) is 96.8 Å².